The van der Waals surface area contributed by atoms with E-state index in [0.29, 0.717) is 5.56 Å². The van der Waals surface area contributed by atoms with Crippen LogP contribution in [0.5, 0.6) is 0 Å². The van der Waals surface area contributed by atoms with E-state index in [2.05, 4.69) is 36.2 Å². The van der Waals surface area contributed by atoms with E-state index >= 15 is 0 Å². The summed E-state index contributed by atoms with van der Waals surface area (Å²) in [5, 5.41) is 9.02. The van der Waals surface area contributed by atoms with Crippen molar-refractivity contribution in [1.82, 2.24) is 0 Å². The van der Waals surface area contributed by atoms with Gasteiger partial charge in [0.2, 0.25) is 0 Å². The molecule has 2 atom stereocenters. The van der Waals surface area contributed by atoms with Crippen LogP contribution in [-0.2, 0) is 0 Å². The second-order valence-electron chi connectivity index (χ2n) is 5.26. The Hall–Kier alpha value is -2.31. The van der Waals surface area contributed by atoms with E-state index in [1.54, 1.807) is 0 Å². The number of nitrogens with zero attached hydrogens (tertiary/aromatic N) is 2. The van der Waals surface area contributed by atoms with E-state index in [1.807, 2.05) is 30.3 Å². The third kappa shape index (κ3) is 2.04. The number of nitrogens with two attached hydrogens (primary N) is 1. The van der Waals surface area contributed by atoms with Gasteiger partial charge in [0.25, 0.3) is 0 Å². The van der Waals surface area contributed by atoms with E-state index in [1.165, 1.54) is 11.1 Å². The second-order valence-corrected chi connectivity index (χ2v) is 5.26. The highest BCUT2D eigenvalue weighted by molar-refractivity contribution is 5.54. The molecule has 0 aliphatic heterocycles. The van der Waals surface area contributed by atoms with Gasteiger partial charge in [-0.1, -0.05) is 30.3 Å². The van der Waals surface area contributed by atoms with Crippen LogP contribution in [0.15, 0.2) is 48.5 Å². The molecule has 3 nitrogen and oxygen atoms in total. The summed E-state index contributed by atoms with van der Waals surface area (Å²) in [6.45, 7) is 0. The Morgan fingerprint density at radius 3 is 2.65 bits per heavy atom. The van der Waals surface area contributed by atoms with Gasteiger partial charge in [-0.25, -0.2) is 0 Å². The minimum absolute atomic E-state index is 0.0952. The standard InChI is InChI=1S/C17H17N3/c1-20(13-6-4-5-12(9-13)11-18)17-10-16(19)14-7-2-3-8-15(14)17/h2-9,16-17H,10,19H2,1H3. The normalized spacial score (nSPS) is 20.2. The number of rotatable bonds is 2. The zero-order chi connectivity index (χ0) is 14.1. The fourth-order valence-electron chi connectivity index (χ4n) is 2.99. The monoisotopic (exact) mass is 263 g/mol. The molecule has 0 saturated carbocycles. The molecule has 0 fully saturated rings. The number of nitriles is 1. The Morgan fingerprint density at radius 1 is 1.15 bits per heavy atom. The van der Waals surface area contributed by atoms with Crippen molar-refractivity contribution in [2.24, 2.45) is 5.73 Å². The van der Waals surface area contributed by atoms with Crippen molar-refractivity contribution in [2.45, 2.75) is 18.5 Å². The maximum atomic E-state index is 9.02. The minimum atomic E-state index is 0.0952. The smallest absolute Gasteiger partial charge is 0.0992 e. The molecule has 1 aliphatic carbocycles. The first-order valence-corrected chi connectivity index (χ1v) is 6.78. The molecule has 20 heavy (non-hydrogen) atoms. The van der Waals surface area contributed by atoms with Gasteiger partial charge < -0.3 is 10.6 Å². The zero-order valence-electron chi connectivity index (χ0n) is 11.5. The van der Waals surface area contributed by atoms with Gasteiger partial charge in [-0.3, -0.25) is 0 Å². The van der Waals surface area contributed by atoms with Crippen LogP contribution in [0.25, 0.3) is 0 Å². The fourth-order valence-corrected chi connectivity index (χ4v) is 2.99. The van der Waals surface area contributed by atoms with Gasteiger partial charge in [0.1, 0.15) is 0 Å². The molecule has 3 heteroatoms. The highest BCUT2D eigenvalue weighted by atomic mass is 15.1. The van der Waals surface area contributed by atoms with E-state index in [4.69, 9.17) is 11.0 Å². The molecule has 2 aromatic carbocycles. The molecule has 0 saturated heterocycles. The summed E-state index contributed by atoms with van der Waals surface area (Å²) in [7, 11) is 2.07. The first-order chi connectivity index (χ1) is 9.70. The largest absolute Gasteiger partial charge is 0.367 e. The summed E-state index contributed by atoms with van der Waals surface area (Å²) in [5.41, 5.74) is 10.5. The molecule has 0 amide bonds. The predicted octanol–water partition coefficient (Wildman–Crippen LogP) is 3.14. The molecule has 3 rings (SSSR count). The minimum Gasteiger partial charge on any atom is -0.367 e. The summed E-state index contributed by atoms with van der Waals surface area (Å²) in [6, 6.07) is 18.6. The van der Waals surface area contributed by atoms with Crippen molar-refractivity contribution in [1.29, 1.82) is 5.26 Å². The topological polar surface area (TPSA) is 53.0 Å². The Balaban J connectivity index is 1.96. The van der Waals surface area contributed by atoms with Crippen molar-refractivity contribution >= 4 is 5.69 Å². The van der Waals surface area contributed by atoms with Gasteiger partial charge in [-0.05, 0) is 35.7 Å². The van der Waals surface area contributed by atoms with Crippen LogP contribution in [0.2, 0.25) is 0 Å². The molecule has 0 aromatic heterocycles. The lowest BCUT2D eigenvalue weighted by Crippen LogP contribution is -2.23. The van der Waals surface area contributed by atoms with Crippen molar-refractivity contribution in [3.8, 4) is 6.07 Å². The summed E-state index contributed by atoms with van der Waals surface area (Å²) < 4.78 is 0. The van der Waals surface area contributed by atoms with Gasteiger partial charge in [-0.15, -0.1) is 0 Å². The van der Waals surface area contributed by atoms with Crippen LogP contribution in [0.3, 0.4) is 0 Å². The summed E-state index contributed by atoms with van der Waals surface area (Å²) in [4.78, 5) is 2.21. The quantitative estimate of drug-likeness (QED) is 0.905. The predicted molar refractivity (Wildman–Crippen MR) is 80.3 cm³/mol. The lowest BCUT2D eigenvalue weighted by atomic mass is 10.1. The molecular weight excluding hydrogens is 246 g/mol. The fraction of sp³-hybridized carbons (Fsp3) is 0.235. The van der Waals surface area contributed by atoms with E-state index in [-0.39, 0.29) is 12.1 Å². The second kappa shape index (κ2) is 4.99. The summed E-state index contributed by atoms with van der Waals surface area (Å²) >= 11 is 0. The highest BCUT2D eigenvalue weighted by Crippen LogP contribution is 2.41. The number of fused-ring (bicyclic) bond motifs is 1. The van der Waals surface area contributed by atoms with Gasteiger partial charge in [0.15, 0.2) is 0 Å². The summed E-state index contributed by atoms with van der Waals surface area (Å²) in [6.07, 6.45) is 0.909. The maximum absolute atomic E-state index is 9.02. The molecule has 2 aromatic rings. The Kier molecular flexibility index (Phi) is 3.17. The Bertz CT molecular complexity index is 672. The average Bonchev–Trinajstić information content (AvgIpc) is 2.84. The molecule has 0 bridgehead atoms. The number of hydrogen-bond acceptors (Lipinski definition) is 3. The average molecular weight is 263 g/mol. The van der Waals surface area contributed by atoms with Gasteiger partial charge >= 0.3 is 0 Å². The van der Waals surface area contributed by atoms with Crippen LogP contribution < -0.4 is 10.6 Å². The summed E-state index contributed by atoms with van der Waals surface area (Å²) in [5.74, 6) is 0. The Morgan fingerprint density at radius 2 is 1.90 bits per heavy atom. The lowest BCUT2D eigenvalue weighted by molar-refractivity contribution is 0.594. The number of benzene rings is 2. The van der Waals surface area contributed by atoms with Crippen molar-refractivity contribution < 1.29 is 0 Å². The van der Waals surface area contributed by atoms with E-state index < -0.39 is 0 Å². The molecule has 0 radical (unpaired) electrons. The zero-order valence-corrected chi connectivity index (χ0v) is 11.5. The number of hydrogen-bond donors (Lipinski definition) is 1. The van der Waals surface area contributed by atoms with Crippen LogP contribution >= 0.6 is 0 Å². The molecule has 100 valence electrons. The third-order valence-electron chi connectivity index (χ3n) is 4.08. The van der Waals surface area contributed by atoms with Crippen molar-refractivity contribution in [3.05, 3.63) is 65.2 Å². The molecule has 1 aliphatic rings. The third-order valence-corrected chi connectivity index (χ3v) is 4.08. The van der Waals surface area contributed by atoms with Crippen LogP contribution in [0.1, 0.15) is 35.2 Å². The van der Waals surface area contributed by atoms with Crippen LogP contribution in [0, 0.1) is 11.3 Å². The van der Waals surface area contributed by atoms with Gasteiger partial charge in [-0.2, -0.15) is 5.26 Å². The van der Waals surface area contributed by atoms with Gasteiger partial charge in [0.05, 0.1) is 17.7 Å². The molecule has 0 heterocycles. The van der Waals surface area contributed by atoms with E-state index in [0.717, 1.165) is 12.1 Å². The van der Waals surface area contributed by atoms with Crippen LogP contribution in [-0.4, -0.2) is 7.05 Å². The Labute approximate surface area is 119 Å². The molecule has 2 unspecified atom stereocenters. The maximum Gasteiger partial charge on any atom is 0.0992 e. The van der Waals surface area contributed by atoms with Gasteiger partial charge in [0, 0.05) is 18.8 Å². The number of anilines is 1. The van der Waals surface area contributed by atoms with Crippen molar-refractivity contribution in [3.63, 3.8) is 0 Å². The first kappa shape index (κ1) is 12.7. The first-order valence-electron chi connectivity index (χ1n) is 6.78. The molecular formula is C17H17N3. The molecule has 0 spiro atoms. The van der Waals surface area contributed by atoms with Crippen molar-refractivity contribution in [2.75, 3.05) is 11.9 Å². The van der Waals surface area contributed by atoms with Crippen LogP contribution in [0.4, 0.5) is 5.69 Å². The highest BCUT2D eigenvalue weighted by Gasteiger charge is 2.31. The SMILES string of the molecule is CN(c1cccc(C#N)c1)C1CC(N)c2ccccc21. The van der Waals surface area contributed by atoms with E-state index in [9.17, 15) is 0 Å². The lowest BCUT2D eigenvalue weighted by Gasteiger charge is -2.27. The molecule has 2 N–H and O–H groups in total.